The Morgan fingerprint density at radius 1 is 0.375 bits per heavy atom. The fraction of sp³-hybridized carbons (Fsp3) is 1.00. The molecule has 0 saturated carbocycles. The average molecular weight is 682 g/mol. The highest BCUT2D eigenvalue weighted by atomic mass is 28.5. The van der Waals surface area contributed by atoms with Gasteiger partial charge in [-0.05, 0) is 142 Å². The van der Waals surface area contributed by atoms with Crippen molar-refractivity contribution in [2.24, 2.45) is 17.2 Å². The summed E-state index contributed by atoms with van der Waals surface area (Å²) in [5, 5.41) is 0. The van der Waals surface area contributed by atoms with Crippen molar-refractivity contribution in [3.8, 4) is 0 Å². The molecule has 7 nitrogen and oxygen atoms in total. The van der Waals surface area contributed by atoms with Crippen molar-refractivity contribution < 1.29 is 16.5 Å². The summed E-state index contributed by atoms with van der Waals surface area (Å²) in [6.45, 7) is 31.3. The van der Waals surface area contributed by atoms with Crippen LogP contribution in [0.4, 0.5) is 0 Å². The minimum Gasteiger partial charge on any atom is -0.437 e. The lowest BCUT2D eigenvalue weighted by Gasteiger charge is -2.38. The first-order valence-electron chi connectivity index (χ1n) is 13.4. The van der Waals surface area contributed by atoms with Gasteiger partial charge in [0.2, 0.25) is 0 Å². The molecule has 0 rings (SSSR count). The van der Waals surface area contributed by atoms with E-state index in [1.54, 1.807) is 0 Å². The number of nitrogens with two attached hydrogens (primary N) is 3. The van der Waals surface area contributed by atoms with Crippen LogP contribution in [-0.2, 0) is 16.5 Å². The molecule has 0 spiro atoms. The van der Waals surface area contributed by atoms with Crippen LogP contribution in [0.25, 0.3) is 0 Å². The Kier molecular flexibility index (Phi) is 34.6. The zero-order chi connectivity index (χ0) is 28.2. The third-order valence-electron chi connectivity index (χ3n) is 5.07. The van der Waals surface area contributed by atoms with E-state index >= 15 is 0 Å². The molecule has 13 heteroatoms. The van der Waals surface area contributed by atoms with Crippen molar-refractivity contribution in [1.29, 1.82) is 0 Å². The molecule has 40 heavy (non-hydrogen) atoms. The molecule has 0 heterocycles. The van der Waals surface area contributed by atoms with Crippen molar-refractivity contribution >= 4 is 50.4 Å². The van der Waals surface area contributed by atoms with Crippen LogP contribution in [-0.4, -0.2) is 70.0 Å². The van der Waals surface area contributed by atoms with Crippen molar-refractivity contribution in [1.82, 2.24) is 0 Å². The van der Waals surface area contributed by atoms with Gasteiger partial charge in [-0.1, -0.05) is 37.1 Å². The van der Waals surface area contributed by atoms with Gasteiger partial charge in [-0.15, -0.1) is 0 Å². The van der Waals surface area contributed by atoms with Gasteiger partial charge in [0.15, 0.2) is 33.3 Å². The van der Waals surface area contributed by atoms with Gasteiger partial charge in [-0.25, -0.2) is 0 Å². The van der Waals surface area contributed by atoms with Crippen LogP contribution in [0.5, 0.6) is 0 Å². The smallest absolute Gasteiger partial charge is 0.311 e. The second kappa shape index (κ2) is 24.4. The molecule has 254 valence electrons. The van der Waals surface area contributed by atoms with Gasteiger partial charge in [-0.2, -0.15) is 0 Å². The zero-order valence-electron chi connectivity index (χ0n) is 25.7. The normalized spacial score (nSPS) is 12.3. The predicted octanol–water partition coefficient (Wildman–Crippen LogP) is 9.12. The molecule has 0 aliphatic heterocycles. The van der Waals surface area contributed by atoms with E-state index in [0.717, 1.165) is 57.0 Å². The molecule has 0 aromatic heterocycles. The Bertz CT molecular complexity index is 553. The molecule has 0 aromatic carbocycles. The zero-order valence-corrected chi connectivity index (χ0v) is 31.7. The molecule has 0 fully saturated rings. The van der Waals surface area contributed by atoms with Crippen LogP contribution in [0.1, 0.15) is 56.4 Å². The molecule has 0 bridgehead atoms. The van der Waals surface area contributed by atoms with Crippen LogP contribution in [0.3, 0.4) is 0 Å². The summed E-state index contributed by atoms with van der Waals surface area (Å²) < 4.78 is 25.4. The maximum Gasteiger partial charge on any atom is 0.311 e. The molecule has 0 saturated heterocycles. The maximum atomic E-state index is 6.45. The fourth-order valence-electron chi connectivity index (χ4n) is 4.51. The van der Waals surface area contributed by atoms with E-state index in [9.17, 15) is 0 Å². The van der Waals surface area contributed by atoms with E-state index in [2.05, 4.69) is 85.1 Å². The first-order chi connectivity index (χ1) is 15.5. The van der Waals surface area contributed by atoms with Crippen LogP contribution in [0, 0.1) is 0 Å². The van der Waals surface area contributed by atoms with E-state index in [0.29, 0.717) is 0 Å². The topological polar surface area (TPSA) is 115 Å². The van der Waals surface area contributed by atoms with E-state index in [1.165, 1.54) is 0 Å². The average Bonchev–Trinajstić information content (AvgIpc) is 2.58. The standard InChI is InChI=1S/C12H34N2O2Si3.C10H29NO2Si3.5CH4/c1-17(2,11-7-9-13)15-19(5,6)16-18(3,4)12-8-10-14;1-14(2,3)12-16(6,7)13-15(4,5)10-8-9-11;;;;;/h7-14H2,1-6H3;8-11H2,1-7H3;5*1H4. The van der Waals surface area contributed by atoms with Gasteiger partial charge >= 0.3 is 17.1 Å². The van der Waals surface area contributed by atoms with Crippen LogP contribution >= 0.6 is 0 Å². The Balaban J connectivity index is -0.0000000978. The minimum absolute atomic E-state index is 0. The molecule has 0 aromatic rings. The summed E-state index contributed by atoms with van der Waals surface area (Å²) in [4.78, 5) is 0. The molecular weight excluding hydrogens is 599 g/mol. The summed E-state index contributed by atoms with van der Waals surface area (Å²) in [5.74, 6) is 0. The Morgan fingerprint density at radius 3 is 0.750 bits per heavy atom. The summed E-state index contributed by atoms with van der Waals surface area (Å²) in [6.07, 6.45) is 3.17. The molecule has 6 N–H and O–H groups in total. The SMILES string of the molecule is C.C.C.C.C.C[Si](C)(C)O[Si](C)(C)O[Si](C)(C)CCCN.C[Si](C)(CCCN)O[Si](C)(C)O[Si](C)(C)CCCN. The van der Waals surface area contributed by atoms with E-state index < -0.39 is 50.4 Å². The molecule has 0 radical (unpaired) electrons. The van der Waals surface area contributed by atoms with Gasteiger partial charge in [0.05, 0.1) is 0 Å². The highest BCUT2D eigenvalue weighted by Gasteiger charge is 2.39. The second-order valence-corrected chi connectivity index (χ2v) is 38.4. The quantitative estimate of drug-likeness (QED) is 0.131. The van der Waals surface area contributed by atoms with Gasteiger partial charge in [0.25, 0.3) is 0 Å². The van der Waals surface area contributed by atoms with Crippen LogP contribution in [0.15, 0.2) is 0 Å². The molecule has 0 aliphatic rings. The highest BCUT2D eigenvalue weighted by molar-refractivity contribution is 6.88. The van der Waals surface area contributed by atoms with Gasteiger partial charge < -0.3 is 33.7 Å². The van der Waals surface area contributed by atoms with Crippen LogP contribution in [0.2, 0.25) is 103 Å². The summed E-state index contributed by atoms with van der Waals surface area (Å²) >= 11 is 0. The lowest BCUT2D eigenvalue weighted by atomic mass is 10.5. The third-order valence-corrected chi connectivity index (χ3v) is 26.7. The van der Waals surface area contributed by atoms with Gasteiger partial charge in [0.1, 0.15) is 0 Å². The molecule has 0 unspecified atom stereocenters. The lowest BCUT2D eigenvalue weighted by Crippen LogP contribution is -2.52. The number of hydrogen-bond acceptors (Lipinski definition) is 7. The second-order valence-electron chi connectivity index (χ2n) is 13.3. The van der Waals surface area contributed by atoms with Crippen molar-refractivity contribution in [2.75, 3.05) is 19.6 Å². The van der Waals surface area contributed by atoms with E-state index in [-0.39, 0.29) is 37.1 Å². The first kappa shape index (κ1) is 56.8. The predicted molar refractivity (Wildman–Crippen MR) is 204 cm³/mol. The molecule has 0 aliphatic carbocycles. The molecule has 0 amide bonds. The van der Waals surface area contributed by atoms with Crippen molar-refractivity contribution in [3.05, 3.63) is 0 Å². The fourth-order valence-corrected chi connectivity index (χ4v) is 31.9. The van der Waals surface area contributed by atoms with Crippen LogP contribution < -0.4 is 17.2 Å². The van der Waals surface area contributed by atoms with E-state index in [1.807, 2.05) is 0 Å². The first-order valence-corrected chi connectivity index (χ1v) is 31.8. The minimum atomic E-state index is -2.03. The Hall–Kier alpha value is 1.02. The molecular formula is C27H83N3O4Si6. The summed E-state index contributed by atoms with van der Waals surface area (Å²) in [5.41, 5.74) is 16.8. The molecule has 0 atom stereocenters. The lowest BCUT2D eigenvalue weighted by molar-refractivity contribution is 0.386. The monoisotopic (exact) mass is 681 g/mol. The van der Waals surface area contributed by atoms with Gasteiger partial charge in [0, 0.05) is 0 Å². The highest BCUT2D eigenvalue weighted by Crippen LogP contribution is 2.26. The van der Waals surface area contributed by atoms with Gasteiger partial charge in [-0.3, -0.25) is 0 Å². The number of hydrogen-bond donors (Lipinski definition) is 3. The largest absolute Gasteiger partial charge is 0.437 e. The maximum absolute atomic E-state index is 6.45. The summed E-state index contributed by atoms with van der Waals surface area (Å²) in [7, 11) is -10.3. The van der Waals surface area contributed by atoms with Crippen molar-refractivity contribution in [2.45, 2.75) is 160 Å². The number of rotatable bonds is 17. The Labute approximate surface area is 262 Å². The Morgan fingerprint density at radius 2 is 0.575 bits per heavy atom. The third kappa shape index (κ3) is 35.2. The van der Waals surface area contributed by atoms with E-state index in [4.69, 9.17) is 33.7 Å². The summed E-state index contributed by atoms with van der Waals surface area (Å²) in [6, 6.07) is 3.37. The van der Waals surface area contributed by atoms with Crippen molar-refractivity contribution in [3.63, 3.8) is 0 Å².